The molecule has 1 aromatic carbocycles. The van der Waals surface area contributed by atoms with Crippen molar-refractivity contribution in [3.8, 4) is 0 Å². The molecule has 19 heavy (non-hydrogen) atoms. The summed E-state index contributed by atoms with van der Waals surface area (Å²) in [7, 11) is 0. The predicted molar refractivity (Wildman–Crippen MR) is 66.9 cm³/mol. The van der Waals surface area contributed by atoms with E-state index in [1.165, 1.54) is 0 Å². The molecule has 0 heterocycles. The lowest BCUT2D eigenvalue weighted by Gasteiger charge is -2.19. The van der Waals surface area contributed by atoms with Crippen LogP contribution in [-0.4, -0.2) is 11.7 Å². The lowest BCUT2D eigenvalue weighted by atomic mass is 9.96. The van der Waals surface area contributed by atoms with Crippen molar-refractivity contribution in [2.75, 3.05) is 6.61 Å². The minimum absolute atomic E-state index is 0. The molecule has 0 aromatic heterocycles. The first kappa shape index (κ1) is 18.4. The largest absolute Gasteiger partial charge is 0.416 e. The molecule has 0 bridgehead atoms. The van der Waals surface area contributed by atoms with Crippen LogP contribution in [0.4, 0.5) is 17.6 Å². The molecule has 0 radical (unpaired) electrons. The van der Waals surface area contributed by atoms with Gasteiger partial charge in [0, 0.05) is 18.2 Å². The third-order valence-corrected chi connectivity index (χ3v) is 2.77. The van der Waals surface area contributed by atoms with Crippen LogP contribution < -0.4 is 5.73 Å². The van der Waals surface area contributed by atoms with E-state index >= 15 is 0 Å². The Bertz CT molecular complexity index is 426. The normalized spacial score (nSPS) is 13.0. The molecule has 1 aromatic rings. The van der Waals surface area contributed by atoms with Crippen LogP contribution in [0.5, 0.6) is 0 Å². The lowest BCUT2D eigenvalue weighted by molar-refractivity contribution is -0.138. The summed E-state index contributed by atoms with van der Waals surface area (Å²) in [5, 5.41) is 8.21. The van der Waals surface area contributed by atoms with E-state index in [0.717, 1.165) is 6.07 Å². The van der Waals surface area contributed by atoms with Gasteiger partial charge in [0.25, 0.3) is 0 Å². The molecule has 8 heteroatoms. The van der Waals surface area contributed by atoms with Gasteiger partial charge in [-0.25, -0.2) is 4.39 Å². The molecule has 0 saturated carbocycles. The van der Waals surface area contributed by atoms with Crippen LogP contribution in [0.3, 0.4) is 0 Å². The lowest BCUT2D eigenvalue weighted by Crippen LogP contribution is -2.20. The number of rotatable bonds is 4. The molecule has 3 N–H and O–H groups in total. The first-order valence-corrected chi connectivity index (χ1v) is 5.58. The van der Waals surface area contributed by atoms with Crippen molar-refractivity contribution in [1.29, 1.82) is 0 Å². The van der Waals surface area contributed by atoms with E-state index in [9.17, 15) is 17.6 Å². The molecule has 1 atom stereocenters. The minimum Gasteiger partial charge on any atom is -0.396 e. The van der Waals surface area contributed by atoms with E-state index < -0.39 is 34.2 Å². The van der Waals surface area contributed by atoms with Crippen LogP contribution >= 0.6 is 24.0 Å². The molecule has 0 spiro atoms. The summed E-state index contributed by atoms with van der Waals surface area (Å²) in [4.78, 5) is 0. The van der Waals surface area contributed by atoms with Gasteiger partial charge in [0.1, 0.15) is 5.82 Å². The predicted octanol–water partition coefficient (Wildman–Crippen LogP) is 3.69. The van der Waals surface area contributed by atoms with Gasteiger partial charge < -0.3 is 10.8 Å². The molecule has 0 fully saturated rings. The van der Waals surface area contributed by atoms with Gasteiger partial charge in [0.05, 0.1) is 10.6 Å². The Morgan fingerprint density at radius 2 is 1.89 bits per heavy atom. The number of hydrogen-bond acceptors (Lipinski definition) is 2. The van der Waals surface area contributed by atoms with Crippen molar-refractivity contribution < 1.29 is 22.7 Å². The molecule has 0 aliphatic heterocycles. The molecule has 0 saturated heterocycles. The zero-order chi connectivity index (χ0) is 13.9. The van der Waals surface area contributed by atoms with E-state index in [1.807, 2.05) is 0 Å². The Kier molecular flexibility index (Phi) is 7.07. The summed E-state index contributed by atoms with van der Waals surface area (Å²) in [5.41, 5.74) is 3.76. The maximum Gasteiger partial charge on any atom is 0.416 e. The highest BCUT2D eigenvalue weighted by molar-refractivity contribution is 6.30. The van der Waals surface area contributed by atoms with E-state index in [1.54, 1.807) is 0 Å². The Hall–Kier alpha value is -0.560. The second-order valence-electron chi connectivity index (χ2n) is 3.79. The average molecular weight is 322 g/mol. The van der Waals surface area contributed by atoms with Crippen molar-refractivity contribution >= 4 is 24.0 Å². The van der Waals surface area contributed by atoms with Gasteiger partial charge in [-0.3, -0.25) is 0 Å². The van der Waals surface area contributed by atoms with Crippen LogP contribution in [0, 0.1) is 5.82 Å². The molecular weight excluding hydrogens is 309 g/mol. The highest BCUT2D eigenvalue weighted by Crippen LogP contribution is 2.38. The molecule has 0 unspecified atom stereocenters. The maximum absolute atomic E-state index is 13.7. The summed E-state index contributed by atoms with van der Waals surface area (Å²) >= 11 is 5.47. The molecule has 110 valence electrons. The van der Waals surface area contributed by atoms with Crippen LogP contribution in [0.25, 0.3) is 0 Å². The number of hydrogen-bond donors (Lipinski definition) is 2. The molecule has 0 amide bonds. The standard InChI is InChI=1S/C11H12ClF4NO.ClH/c12-7-4-3-6(11(14,15)16)9(10(7)13)8(17)2-1-5-18;/h3-4,8,18H,1-2,5,17H2;1H/t8-;/m1./s1. The number of aliphatic hydroxyl groups is 1. The summed E-state index contributed by atoms with van der Waals surface area (Å²) in [6, 6.07) is 0.397. The summed E-state index contributed by atoms with van der Waals surface area (Å²) in [6.07, 6.45) is -4.47. The molecule has 0 aliphatic rings. The summed E-state index contributed by atoms with van der Waals surface area (Å²) in [6.45, 7) is -0.225. The quantitative estimate of drug-likeness (QED) is 0.831. The fraction of sp³-hybridized carbons (Fsp3) is 0.455. The molecule has 0 aliphatic carbocycles. The molecule has 2 nitrogen and oxygen atoms in total. The van der Waals surface area contributed by atoms with Crippen LogP contribution in [0.2, 0.25) is 5.02 Å². The number of halogens is 6. The third-order valence-electron chi connectivity index (χ3n) is 2.48. The fourth-order valence-corrected chi connectivity index (χ4v) is 1.80. The van der Waals surface area contributed by atoms with Crippen molar-refractivity contribution in [1.82, 2.24) is 0 Å². The number of benzene rings is 1. The topological polar surface area (TPSA) is 46.2 Å². The van der Waals surface area contributed by atoms with E-state index in [4.69, 9.17) is 22.4 Å². The van der Waals surface area contributed by atoms with Gasteiger partial charge in [0.2, 0.25) is 0 Å². The van der Waals surface area contributed by atoms with Crippen molar-refractivity contribution in [3.05, 3.63) is 34.1 Å². The Morgan fingerprint density at radius 1 is 1.32 bits per heavy atom. The van der Waals surface area contributed by atoms with Gasteiger partial charge in [-0.05, 0) is 25.0 Å². The second-order valence-corrected chi connectivity index (χ2v) is 4.20. The van der Waals surface area contributed by atoms with Gasteiger partial charge in [-0.15, -0.1) is 12.4 Å². The average Bonchev–Trinajstić information content (AvgIpc) is 2.27. The van der Waals surface area contributed by atoms with Crippen molar-refractivity contribution in [2.45, 2.75) is 25.1 Å². The van der Waals surface area contributed by atoms with Crippen LogP contribution in [0.15, 0.2) is 12.1 Å². The first-order valence-electron chi connectivity index (χ1n) is 5.20. The highest BCUT2D eigenvalue weighted by atomic mass is 35.5. The van der Waals surface area contributed by atoms with Gasteiger partial charge in [-0.1, -0.05) is 11.6 Å². The summed E-state index contributed by atoms with van der Waals surface area (Å²) in [5.74, 6) is -1.16. The van der Waals surface area contributed by atoms with Crippen LogP contribution in [-0.2, 0) is 6.18 Å². The van der Waals surface area contributed by atoms with E-state index in [-0.39, 0.29) is 31.9 Å². The second kappa shape index (κ2) is 7.28. The third kappa shape index (κ3) is 4.49. The maximum atomic E-state index is 13.7. The fourth-order valence-electron chi connectivity index (χ4n) is 1.63. The van der Waals surface area contributed by atoms with Gasteiger partial charge >= 0.3 is 6.18 Å². The summed E-state index contributed by atoms with van der Waals surface area (Å²) < 4.78 is 51.9. The monoisotopic (exact) mass is 321 g/mol. The Morgan fingerprint density at radius 3 is 2.37 bits per heavy atom. The van der Waals surface area contributed by atoms with Crippen molar-refractivity contribution in [3.63, 3.8) is 0 Å². The van der Waals surface area contributed by atoms with E-state index in [0.29, 0.717) is 6.07 Å². The zero-order valence-electron chi connectivity index (χ0n) is 9.68. The van der Waals surface area contributed by atoms with Gasteiger partial charge in [0.15, 0.2) is 0 Å². The zero-order valence-corrected chi connectivity index (χ0v) is 11.2. The first-order chi connectivity index (χ1) is 8.29. The van der Waals surface area contributed by atoms with E-state index in [2.05, 4.69) is 0 Å². The Labute approximate surface area is 119 Å². The number of aliphatic hydroxyl groups excluding tert-OH is 1. The minimum atomic E-state index is -4.70. The SMILES string of the molecule is Cl.N[C@H](CCCO)c1c(C(F)(F)F)ccc(Cl)c1F. The van der Waals surface area contributed by atoms with Gasteiger partial charge in [-0.2, -0.15) is 13.2 Å². The Balaban J connectivity index is 0.00000324. The highest BCUT2D eigenvalue weighted by Gasteiger charge is 2.36. The van der Waals surface area contributed by atoms with Crippen LogP contribution in [0.1, 0.15) is 30.0 Å². The number of nitrogens with two attached hydrogens (primary N) is 1. The molecule has 1 rings (SSSR count). The molecular formula is C11H13Cl2F4NO. The number of alkyl halides is 3. The van der Waals surface area contributed by atoms with Crippen molar-refractivity contribution in [2.24, 2.45) is 5.73 Å². The smallest absolute Gasteiger partial charge is 0.396 e.